The Kier molecular flexibility index (Phi) is 4.93. The zero-order valence-electron chi connectivity index (χ0n) is 10.5. The summed E-state index contributed by atoms with van der Waals surface area (Å²) in [5.41, 5.74) is 1.54. The molecule has 16 heavy (non-hydrogen) atoms. The average molecular weight is 285 g/mol. The Hall–Kier alpha value is -0.410. The molecule has 0 saturated heterocycles. The monoisotopic (exact) mass is 284 g/mol. The molecule has 1 rings (SSSR count). The third-order valence-corrected chi connectivity index (χ3v) is 2.87. The predicted octanol–water partition coefficient (Wildman–Crippen LogP) is 3.41. The number of rotatable bonds is 5. The number of nitrogens with zero attached hydrogens (tertiary/aromatic N) is 1. The van der Waals surface area contributed by atoms with E-state index < -0.39 is 0 Å². The van der Waals surface area contributed by atoms with Crippen molar-refractivity contribution in [2.75, 3.05) is 6.54 Å². The highest BCUT2D eigenvalue weighted by Crippen LogP contribution is 2.22. The van der Waals surface area contributed by atoms with Crippen molar-refractivity contribution in [3.8, 4) is 0 Å². The summed E-state index contributed by atoms with van der Waals surface area (Å²) >= 11 is 3.45. The van der Waals surface area contributed by atoms with Crippen molar-refractivity contribution in [3.63, 3.8) is 0 Å². The first kappa shape index (κ1) is 13.7. The minimum Gasteiger partial charge on any atom is -0.314 e. The van der Waals surface area contributed by atoms with E-state index >= 15 is 0 Å². The number of pyridine rings is 1. The first-order valence-electron chi connectivity index (χ1n) is 5.72. The summed E-state index contributed by atoms with van der Waals surface area (Å²) in [6.45, 7) is 9.94. The van der Waals surface area contributed by atoms with Crippen LogP contribution in [0.3, 0.4) is 0 Å². The smallest absolute Gasteiger partial charge is 0.0410 e. The second kappa shape index (κ2) is 5.78. The van der Waals surface area contributed by atoms with Gasteiger partial charge in [0.2, 0.25) is 0 Å². The summed E-state index contributed by atoms with van der Waals surface area (Å²) in [6, 6.07) is 2.68. The molecule has 0 fully saturated rings. The summed E-state index contributed by atoms with van der Waals surface area (Å²) in [4.78, 5) is 4.20. The summed E-state index contributed by atoms with van der Waals surface area (Å²) in [5.74, 6) is 0. The van der Waals surface area contributed by atoms with E-state index in [1.807, 2.05) is 12.4 Å². The van der Waals surface area contributed by atoms with Crippen LogP contribution in [0.2, 0.25) is 0 Å². The second-order valence-electron chi connectivity index (χ2n) is 5.39. The van der Waals surface area contributed by atoms with Crippen molar-refractivity contribution in [2.45, 2.75) is 40.2 Å². The van der Waals surface area contributed by atoms with Gasteiger partial charge in [0.05, 0.1) is 0 Å². The van der Waals surface area contributed by atoms with E-state index in [2.05, 4.69) is 60.0 Å². The maximum atomic E-state index is 4.20. The molecule has 3 heteroatoms. The van der Waals surface area contributed by atoms with Crippen LogP contribution in [0.15, 0.2) is 22.9 Å². The molecule has 1 heterocycles. The molecule has 1 aromatic rings. The molecule has 0 bridgehead atoms. The molecule has 0 saturated carbocycles. The Morgan fingerprint density at radius 2 is 2.06 bits per heavy atom. The Labute approximate surface area is 107 Å². The van der Waals surface area contributed by atoms with E-state index in [0.717, 1.165) is 17.4 Å². The van der Waals surface area contributed by atoms with Crippen molar-refractivity contribution in [1.82, 2.24) is 10.3 Å². The number of hydrogen-bond donors (Lipinski definition) is 1. The van der Waals surface area contributed by atoms with E-state index in [1.54, 1.807) is 0 Å². The summed E-state index contributed by atoms with van der Waals surface area (Å²) in [7, 11) is 0. The van der Waals surface area contributed by atoms with Gasteiger partial charge in [0, 0.05) is 29.5 Å². The molecule has 0 aliphatic carbocycles. The number of aromatic nitrogens is 1. The minimum atomic E-state index is 0.257. The summed E-state index contributed by atoms with van der Waals surface area (Å²) in [5, 5.41) is 3.49. The van der Waals surface area contributed by atoms with Crippen LogP contribution in [0.25, 0.3) is 0 Å². The number of halogens is 1. The van der Waals surface area contributed by atoms with Crippen molar-refractivity contribution < 1.29 is 0 Å². The van der Waals surface area contributed by atoms with Crippen molar-refractivity contribution >= 4 is 15.9 Å². The largest absolute Gasteiger partial charge is 0.314 e. The zero-order chi connectivity index (χ0) is 12.2. The maximum Gasteiger partial charge on any atom is 0.0410 e. The van der Waals surface area contributed by atoms with Gasteiger partial charge in [-0.1, -0.05) is 27.7 Å². The second-order valence-corrected chi connectivity index (χ2v) is 6.30. The first-order chi connectivity index (χ1) is 7.39. The Bertz CT molecular complexity index is 334. The third kappa shape index (κ3) is 5.08. The molecule has 0 amide bonds. The molecule has 1 aromatic heterocycles. The van der Waals surface area contributed by atoms with Gasteiger partial charge in [-0.25, -0.2) is 0 Å². The average Bonchev–Trinajstić information content (AvgIpc) is 2.14. The van der Waals surface area contributed by atoms with Crippen LogP contribution in [0.1, 0.15) is 33.3 Å². The molecule has 0 aliphatic heterocycles. The van der Waals surface area contributed by atoms with Crippen LogP contribution in [0.5, 0.6) is 0 Å². The van der Waals surface area contributed by atoms with Gasteiger partial charge >= 0.3 is 0 Å². The standard InChI is InChI=1S/C13H21BrN2/c1-10(2)16-9-13(3,4)6-11-5-12(14)8-15-7-11/h5,7-8,10,16H,6,9H2,1-4H3. The van der Waals surface area contributed by atoms with Crippen LogP contribution >= 0.6 is 15.9 Å². The van der Waals surface area contributed by atoms with E-state index in [0.29, 0.717) is 6.04 Å². The molecule has 0 aliphatic rings. The van der Waals surface area contributed by atoms with Gasteiger partial charge < -0.3 is 5.32 Å². The van der Waals surface area contributed by atoms with E-state index in [-0.39, 0.29) is 5.41 Å². The van der Waals surface area contributed by atoms with Crippen molar-refractivity contribution in [2.24, 2.45) is 5.41 Å². The van der Waals surface area contributed by atoms with Crippen LogP contribution in [0, 0.1) is 5.41 Å². The lowest BCUT2D eigenvalue weighted by Gasteiger charge is -2.26. The van der Waals surface area contributed by atoms with Crippen molar-refractivity contribution in [1.29, 1.82) is 0 Å². The van der Waals surface area contributed by atoms with E-state index in [1.165, 1.54) is 5.56 Å². The fraction of sp³-hybridized carbons (Fsp3) is 0.615. The lowest BCUT2D eigenvalue weighted by atomic mass is 9.86. The summed E-state index contributed by atoms with van der Waals surface area (Å²) < 4.78 is 1.05. The van der Waals surface area contributed by atoms with Crippen LogP contribution in [-0.4, -0.2) is 17.6 Å². The molecule has 0 atom stereocenters. The lowest BCUT2D eigenvalue weighted by molar-refractivity contribution is 0.325. The number of hydrogen-bond acceptors (Lipinski definition) is 2. The maximum absolute atomic E-state index is 4.20. The Morgan fingerprint density at radius 3 is 2.62 bits per heavy atom. The summed E-state index contributed by atoms with van der Waals surface area (Å²) in [6.07, 6.45) is 4.81. The van der Waals surface area contributed by atoms with Crippen molar-refractivity contribution in [3.05, 3.63) is 28.5 Å². The highest BCUT2D eigenvalue weighted by molar-refractivity contribution is 9.10. The molecule has 0 spiro atoms. The molecule has 0 radical (unpaired) electrons. The van der Waals surface area contributed by atoms with E-state index in [4.69, 9.17) is 0 Å². The highest BCUT2D eigenvalue weighted by Gasteiger charge is 2.18. The predicted molar refractivity (Wildman–Crippen MR) is 72.6 cm³/mol. The minimum absolute atomic E-state index is 0.257. The fourth-order valence-corrected chi connectivity index (χ4v) is 2.06. The first-order valence-corrected chi connectivity index (χ1v) is 6.51. The van der Waals surface area contributed by atoms with Gasteiger partial charge in [0.25, 0.3) is 0 Å². The Morgan fingerprint density at radius 1 is 1.38 bits per heavy atom. The zero-order valence-corrected chi connectivity index (χ0v) is 12.1. The molecule has 0 aromatic carbocycles. The fourth-order valence-electron chi connectivity index (χ4n) is 1.65. The Balaban J connectivity index is 2.58. The molecular weight excluding hydrogens is 264 g/mol. The van der Waals surface area contributed by atoms with Gasteiger partial charge in [0.1, 0.15) is 0 Å². The quantitative estimate of drug-likeness (QED) is 0.896. The van der Waals surface area contributed by atoms with Gasteiger partial charge in [-0.05, 0) is 39.4 Å². The topological polar surface area (TPSA) is 24.9 Å². The molecule has 90 valence electrons. The normalized spacial score (nSPS) is 12.1. The third-order valence-electron chi connectivity index (χ3n) is 2.43. The molecule has 2 nitrogen and oxygen atoms in total. The highest BCUT2D eigenvalue weighted by atomic mass is 79.9. The van der Waals surface area contributed by atoms with Gasteiger partial charge in [-0.2, -0.15) is 0 Å². The molecular formula is C13H21BrN2. The molecule has 0 unspecified atom stereocenters. The van der Waals surface area contributed by atoms with Crippen LogP contribution in [-0.2, 0) is 6.42 Å². The van der Waals surface area contributed by atoms with E-state index in [9.17, 15) is 0 Å². The van der Waals surface area contributed by atoms with Crippen LogP contribution < -0.4 is 5.32 Å². The van der Waals surface area contributed by atoms with Gasteiger partial charge in [0.15, 0.2) is 0 Å². The van der Waals surface area contributed by atoms with Gasteiger partial charge in [-0.15, -0.1) is 0 Å². The SMILES string of the molecule is CC(C)NCC(C)(C)Cc1cncc(Br)c1. The molecule has 1 N–H and O–H groups in total. The van der Waals surface area contributed by atoms with Crippen LogP contribution in [0.4, 0.5) is 0 Å². The number of nitrogens with one attached hydrogen (secondary N) is 1. The lowest BCUT2D eigenvalue weighted by Crippen LogP contribution is -2.35. The van der Waals surface area contributed by atoms with Gasteiger partial charge in [-0.3, -0.25) is 4.98 Å².